The number of hydrogen-bond acceptors (Lipinski definition) is 8. The summed E-state index contributed by atoms with van der Waals surface area (Å²) in [5.41, 5.74) is -0.998. The Balaban J connectivity index is 1.38. The zero-order valence-corrected chi connectivity index (χ0v) is 16.6. The van der Waals surface area contributed by atoms with Crippen molar-refractivity contribution >= 4 is 18.1 Å². The van der Waals surface area contributed by atoms with Crippen LogP contribution in [0.2, 0.25) is 0 Å². The average molecular weight is 396 g/mol. The van der Waals surface area contributed by atoms with E-state index in [1.165, 1.54) is 6.42 Å². The van der Waals surface area contributed by atoms with Crippen LogP contribution < -0.4 is 0 Å². The maximum absolute atomic E-state index is 12.3. The van der Waals surface area contributed by atoms with Crippen molar-refractivity contribution in [3.8, 4) is 0 Å². The van der Waals surface area contributed by atoms with Gasteiger partial charge in [0.15, 0.2) is 6.29 Å². The molecule has 5 atom stereocenters. The largest absolute Gasteiger partial charge is 0.517 e. The molecule has 3 heterocycles. The van der Waals surface area contributed by atoms with Crippen LogP contribution in [0.3, 0.4) is 0 Å². The molecule has 3 aliphatic heterocycles. The van der Waals surface area contributed by atoms with Gasteiger partial charge >= 0.3 is 18.1 Å². The highest BCUT2D eigenvalue weighted by molar-refractivity contribution is 5.87. The van der Waals surface area contributed by atoms with Crippen molar-refractivity contribution in [1.82, 2.24) is 0 Å². The molecule has 0 amide bonds. The van der Waals surface area contributed by atoms with Crippen LogP contribution in [-0.2, 0) is 33.3 Å². The molecule has 0 aromatic heterocycles. The third kappa shape index (κ3) is 3.30. The molecule has 8 nitrogen and oxygen atoms in total. The van der Waals surface area contributed by atoms with Gasteiger partial charge in [-0.15, -0.1) is 0 Å². The second-order valence-corrected chi connectivity index (χ2v) is 9.02. The van der Waals surface area contributed by atoms with Crippen molar-refractivity contribution in [2.24, 2.45) is 11.3 Å². The van der Waals surface area contributed by atoms with Crippen molar-refractivity contribution < 1.29 is 38.1 Å². The standard InChI is InChI=1S/C20H28O8/c1-4-19(2,3)17(22)27-18(23)26-14-13-12(24-15(14)21)11-10-20(28-16(11)25-13)8-6-5-7-9-20/h11-14,16H,4-10H2,1-3H3/t11-,12-,13+,14?,16-/m1/s1. The molecule has 1 unspecified atom stereocenters. The fourth-order valence-electron chi connectivity index (χ4n) is 4.64. The van der Waals surface area contributed by atoms with Crippen LogP contribution in [0, 0.1) is 11.3 Å². The molecule has 28 heavy (non-hydrogen) atoms. The summed E-state index contributed by atoms with van der Waals surface area (Å²) in [5, 5.41) is 0. The lowest BCUT2D eigenvalue weighted by Gasteiger charge is -2.34. The van der Waals surface area contributed by atoms with Crippen molar-refractivity contribution in [2.75, 3.05) is 0 Å². The summed E-state index contributed by atoms with van der Waals surface area (Å²) in [6.07, 6.45) is 2.62. The zero-order valence-electron chi connectivity index (χ0n) is 16.6. The zero-order chi connectivity index (χ0) is 20.1. The highest BCUT2D eigenvalue weighted by Gasteiger charge is 2.64. The third-order valence-corrected chi connectivity index (χ3v) is 6.74. The van der Waals surface area contributed by atoms with Gasteiger partial charge in [-0.2, -0.15) is 0 Å². The summed E-state index contributed by atoms with van der Waals surface area (Å²) in [6.45, 7) is 5.15. The number of rotatable bonds is 3. The molecule has 156 valence electrons. The van der Waals surface area contributed by atoms with Crippen molar-refractivity contribution in [3.05, 3.63) is 0 Å². The summed E-state index contributed by atoms with van der Waals surface area (Å²) in [6, 6.07) is 0. The Hall–Kier alpha value is -1.67. The fourth-order valence-corrected chi connectivity index (χ4v) is 4.64. The van der Waals surface area contributed by atoms with E-state index >= 15 is 0 Å². The Kier molecular flexibility index (Phi) is 4.90. The molecule has 0 aromatic carbocycles. The van der Waals surface area contributed by atoms with E-state index in [4.69, 9.17) is 23.7 Å². The molecular weight excluding hydrogens is 368 g/mol. The molecule has 0 radical (unpaired) electrons. The third-order valence-electron chi connectivity index (χ3n) is 6.74. The summed E-state index contributed by atoms with van der Waals surface area (Å²) in [4.78, 5) is 36.3. The fraction of sp³-hybridized carbons (Fsp3) is 0.850. The first-order valence-corrected chi connectivity index (χ1v) is 10.2. The molecular formula is C20H28O8. The number of carbonyl (C=O) groups is 3. The number of hydrogen-bond donors (Lipinski definition) is 0. The van der Waals surface area contributed by atoms with E-state index in [1.54, 1.807) is 13.8 Å². The monoisotopic (exact) mass is 396 g/mol. The van der Waals surface area contributed by atoms with Gasteiger partial charge in [-0.25, -0.2) is 9.59 Å². The van der Waals surface area contributed by atoms with E-state index in [2.05, 4.69) is 0 Å². The second kappa shape index (κ2) is 6.99. The first-order chi connectivity index (χ1) is 13.2. The predicted octanol–water partition coefficient (Wildman–Crippen LogP) is 2.86. The second-order valence-electron chi connectivity index (χ2n) is 9.02. The molecule has 1 aliphatic carbocycles. The van der Waals surface area contributed by atoms with Crippen molar-refractivity contribution in [3.63, 3.8) is 0 Å². The van der Waals surface area contributed by atoms with Crippen LogP contribution in [0.25, 0.3) is 0 Å². The van der Waals surface area contributed by atoms with Gasteiger partial charge in [0.05, 0.1) is 16.9 Å². The van der Waals surface area contributed by atoms with Gasteiger partial charge in [-0.05, 0) is 39.5 Å². The minimum atomic E-state index is -1.24. The van der Waals surface area contributed by atoms with E-state index in [0.717, 1.165) is 32.1 Å². The summed E-state index contributed by atoms with van der Waals surface area (Å²) < 4.78 is 27.5. The Morgan fingerprint density at radius 2 is 1.89 bits per heavy atom. The van der Waals surface area contributed by atoms with Gasteiger partial charge in [0.25, 0.3) is 0 Å². The van der Waals surface area contributed by atoms with Crippen LogP contribution in [0.5, 0.6) is 0 Å². The highest BCUT2D eigenvalue weighted by atomic mass is 16.8. The normalized spacial score (nSPS) is 36.0. The SMILES string of the molecule is CCC(C)(C)C(=O)OC(=O)OC1C(=O)O[C@@H]2[C@H]3CC4(CCCCC4)O[C@H]3O[C@H]12. The molecule has 4 aliphatic rings. The van der Waals surface area contributed by atoms with E-state index < -0.39 is 48.1 Å². The van der Waals surface area contributed by atoms with E-state index in [1.807, 2.05) is 6.92 Å². The first-order valence-electron chi connectivity index (χ1n) is 10.2. The van der Waals surface area contributed by atoms with Gasteiger partial charge in [-0.3, -0.25) is 4.79 Å². The Morgan fingerprint density at radius 3 is 2.57 bits per heavy atom. The number of carbonyl (C=O) groups excluding carboxylic acids is 3. The van der Waals surface area contributed by atoms with Crippen LogP contribution >= 0.6 is 0 Å². The minimum absolute atomic E-state index is 0.0580. The molecule has 1 saturated carbocycles. The minimum Gasteiger partial charge on any atom is -0.456 e. The van der Waals surface area contributed by atoms with Crippen molar-refractivity contribution in [2.45, 2.75) is 95.9 Å². The lowest BCUT2D eigenvalue weighted by atomic mass is 9.79. The maximum Gasteiger partial charge on any atom is 0.517 e. The molecule has 4 rings (SSSR count). The number of ether oxygens (including phenoxy) is 5. The Morgan fingerprint density at radius 1 is 1.18 bits per heavy atom. The molecule has 1 spiro atoms. The highest BCUT2D eigenvalue weighted by Crippen LogP contribution is 2.52. The lowest BCUT2D eigenvalue weighted by Crippen LogP contribution is -2.39. The van der Waals surface area contributed by atoms with Crippen LogP contribution in [0.15, 0.2) is 0 Å². The van der Waals surface area contributed by atoms with Gasteiger partial charge in [0.1, 0.15) is 12.2 Å². The Labute approximate surface area is 164 Å². The predicted molar refractivity (Wildman–Crippen MR) is 94.0 cm³/mol. The van der Waals surface area contributed by atoms with Gasteiger partial charge in [-0.1, -0.05) is 26.2 Å². The van der Waals surface area contributed by atoms with Crippen LogP contribution in [0.1, 0.15) is 65.7 Å². The average Bonchev–Trinajstić information content (AvgIpc) is 3.24. The molecule has 8 heteroatoms. The molecule has 0 bridgehead atoms. The lowest BCUT2D eigenvalue weighted by molar-refractivity contribution is -0.194. The van der Waals surface area contributed by atoms with Crippen LogP contribution in [-0.4, -0.2) is 48.3 Å². The van der Waals surface area contributed by atoms with E-state index in [9.17, 15) is 14.4 Å². The summed E-state index contributed by atoms with van der Waals surface area (Å²) >= 11 is 0. The smallest absolute Gasteiger partial charge is 0.456 e. The molecule has 3 saturated heterocycles. The van der Waals surface area contributed by atoms with E-state index in [-0.39, 0.29) is 11.5 Å². The Bertz CT molecular complexity index is 665. The quantitative estimate of drug-likeness (QED) is 0.531. The first kappa shape index (κ1) is 19.6. The molecule has 4 fully saturated rings. The van der Waals surface area contributed by atoms with Crippen molar-refractivity contribution in [1.29, 1.82) is 0 Å². The molecule has 0 aromatic rings. The topological polar surface area (TPSA) is 97.4 Å². The van der Waals surface area contributed by atoms with Gasteiger partial charge in [0.2, 0.25) is 6.10 Å². The number of fused-ring (bicyclic) bond motifs is 3. The van der Waals surface area contributed by atoms with Gasteiger partial charge < -0.3 is 23.7 Å². The van der Waals surface area contributed by atoms with E-state index in [0.29, 0.717) is 6.42 Å². The summed E-state index contributed by atoms with van der Waals surface area (Å²) in [5.74, 6) is -1.43. The maximum atomic E-state index is 12.3. The van der Waals surface area contributed by atoms with Gasteiger partial charge in [0, 0.05) is 0 Å². The van der Waals surface area contributed by atoms with Crippen LogP contribution in [0.4, 0.5) is 4.79 Å². The summed E-state index contributed by atoms with van der Waals surface area (Å²) in [7, 11) is 0. The number of esters is 2. The molecule has 0 N–H and O–H groups in total.